The molecule has 0 unspecified atom stereocenters. The summed E-state index contributed by atoms with van der Waals surface area (Å²) >= 11 is 0. The van der Waals surface area contributed by atoms with Gasteiger partial charge in [0.2, 0.25) is 0 Å². The summed E-state index contributed by atoms with van der Waals surface area (Å²) < 4.78 is 0. The molecule has 0 radical (unpaired) electrons. The Hall–Kier alpha value is -1.36. The van der Waals surface area contributed by atoms with Gasteiger partial charge in [-0.3, -0.25) is 4.79 Å². The van der Waals surface area contributed by atoms with Crippen molar-refractivity contribution in [2.75, 3.05) is 32.7 Å². The Morgan fingerprint density at radius 2 is 2.16 bits per heavy atom. The Morgan fingerprint density at radius 1 is 1.37 bits per heavy atom. The van der Waals surface area contributed by atoms with Gasteiger partial charge in [0.05, 0.1) is 0 Å². The van der Waals surface area contributed by atoms with Crippen LogP contribution < -0.4 is 0 Å². The molecule has 0 aliphatic carbocycles. The SMILES string of the molecule is Cc1cnc(C(=O)N2CCCN(CC(C)C)CC2)[nH]1. The largest absolute Gasteiger partial charge is 0.338 e. The van der Waals surface area contributed by atoms with Gasteiger partial charge >= 0.3 is 0 Å². The van der Waals surface area contributed by atoms with Crippen LogP contribution in [-0.4, -0.2) is 58.4 Å². The molecular weight excluding hydrogens is 240 g/mol. The molecule has 1 N–H and O–H groups in total. The lowest BCUT2D eigenvalue weighted by molar-refractivity contribution is 0.0749. The molecule has 5 nitrogen and oxygen atoms in total. The Labute approximate surface area is 115 Å². The van der Waals surface area contributed by atoms with Crippen LogP contribution in [0.3, 0.4) is 0 Å². The minimum Gasteiger partial charge on any atom is -0.338 e. The maximum atomic E-state index is 12.3. The van der Waals surface area contributed by atoms with Crippen molar-refractivity contribution in [3.63, 3.8) is 0 Å². The van der Waals surface area contributed by atoms with E-state index in [1.54, 1.807) is 6.20 Å². The number of nitrogens with one attached hydrogen (secondary N) is 1. The van der Waals surface area contributed by atoms with Crippen molar-refractivity contribution < 1.29 is 4.79 Å². The molecule has 1 saturated heterocycles. The summed E-state index contributed by atoms with van der Waals surface area (Å²) in [5.41, 5.74) is 0.930. The minimum atomic E-state index is 0.0273. The van der Waals surface area contributed by atoms with Crippen molar-refractivity contribution in [3.8, 4) is 0 Å². The van der Waals surface area contributed by atoms with E-state index in [2.05, 4.69) is 28.7 Å². The Balaban J connectivity index is 1.93. The quantitative estimate of drug-likeness (QED) is 0.900. The molecule has 106 valence electrons. The van der Waals surface area contributed by atoms with Gasteiger partial charge in [-0.2, -0.15) is 0 Å². The molecule has 19 heavy (non-hydrogen) atoms. The molecule has 0 spiro atoms. The lowest BCUT2D eigenvalue weighted by Gasteiger charge is -2.22. The number of aryl methyl sites for hydroxylation is 1. The van der Waals surface area contributed by atoms with Crippen molar-refractivity contribution >= 4 is 5.91 Å². The van der Waals surface area contributed by atoms with Gasteiger partial charge in [0.25, 0.3) is 5.91 Å². The van der Waals surface area contributed by atoms with Gasteiger partial charge in [0.15, 0.2) is 5.82 Å². The summed E-state index contributed by atoms with van der Waals surface area (Å²) in [5.74, 6) is 1.17. The number of amides is 1. The summed E-state index contributed by atoms with van der Waals surface area (Å²) in [4.78, 5) is 23.8. The first-order valence-electron chi connectivity index (χ1n) is 7.09. The summed E-state index contributed by atoms with van der Waals surface area (Å²) in [6.07, 6.45) is 2.74. The van der Waals surface area contributed by atoms with Gasteiger partial charge in [0, 0.05) is 38.1 Å². The number of aromatic nitrogens is 2. The van der Waals surface area contributed by atoms with Crippen molar-refractivity contribution in [1.82, 2.24) is 19.8 Å². The number of nitrogens with zero attached hydrogens (tertiary/aromatic N) is 3. The molecule has 1 fully saturated rings. The molecule has 1 aliphatic rings. The van der Waals surface area contributed by atoms with Gasteiger partial charge in [-0.25, -0.2) is 4.98 Å². The minimum absolute atomic E-state index is 0.0273. The highest BCUT2D eigenvalue weighted by atomic mass is 16.2. The van der Waals surface area contributed by atoms with E-state index in [9.17, 15) is 4.79 Å². The highest BCUT2D eigenvalue weighted by Gasteiger charge is 2.22. The highest BCUT2D eigenvalue weighted by Crippen LogP contribution is 2.09. The average Bonchev–Trinajstić information content (AvgIpc) is 2.65. The zero-order valence-electron chi connectivity index (χ0n) is 12.1. The molecule has 1 amide bonds. The Bertz CT molecular complexity index is 427. The van der Waals surface area contributed by atoms with E-state index >= 15 is 0 Å². The summed E-state index contributed by atoms with van der Waals surface area (Å²) in [7, 11) is 0. The first-order valence-corrected chi connectivity index (χ1v) is 7.09. The predicted molar refractivity (Wildman–Crippen MR) is 75.1 cm³/mol. The van der Waals surface area contributed by atoms with Crippen LogP contribution in [0.2, 0.25) is 0 Å². The summed E-state index contributed by atoms with van der Waals surface area (Å²) in [6, 6.07) is 0. The van der Waals surface area contributed by atoms with Crippen molar-refractivity contribution in [1.29, 1.82) is 0 Å². The third-order valence-corrected chi connectivity index (χ3v) is 3.40. The van der Waals surface area contributed by atoms with Crippen LogP contribution in [0.4, 0.5) is 0 Å². The molecule has 0 atom stereocenters. The van der Waals surface area contributed by atoms with E-state index in [4.69, 9.17) is 0 Å². The standard InChI is InChI=1S/C14H24N4O/c1-11(2)10-17-5-4-6-18(8-7-17)14(19)13-15-9-12(3)16-13/h9,11H,4-8,10H2,1-3H3,(H,15,16). The Kier molecular flexibility index (Phi) is 4.58. The van der Waals surface area contributed by atoms with Gasteiger partial charge in [-0.15, -0.1) is 0 Å². The van der Waals surface area contributed by atoms with Gasteiger partial charge < -0.3 is 14.8 Å². The van der Waals surface area contributed by atoms with Crippen LogP contribution in [-0.2, 0) is 0 Å². The molecule has 2 rings (SSSR count). The number of carbonyl (C=O) groups is 1. The van der Waals surface area contributed by atoms with Crippen LogP contribution in [0.1, 0.15) is 36.6 Å². The predicted octanol–water partition coefficient (Wildman–Crippen LogP) is 1.52. The van der Waals surface area contributed by atoms with E-state index in [-0.39, 0.29) is 5.91 Å². The molecule has 5 heteroatoms. The number of H-pyrrole nitrogens is 1. The monoisotopic (exact) mass is 264 g/mol. The smallest absolute Gasteiger partial charge is 0.289 e. The van der Waals surface area contributed by atoms with Gasteiger partial charge in [-0.05, 0) is 25.8 Å². The van der Waals surface area contributed by atoms with Crippen LogP contribution in [0.25, 0.3) is 0 Å². The number of hydrogen-bond donors (Lipinski definition) is 1. The number of aromatic amines is 1. The molecule has 0 saturated carbocycles. The van der Waals surface area contributed by atoms with Crippen LogP contribution >= 0.6 is 0 Å². The van der Waals surface area contributed by atoms with Gasteiger partial charge in [-0.1, -0.05) is 13.8 Å². The normalized spacial score (nSPS) is 17.8. The van der Waals surface area contributed by atoms with E-state index in [0.29, 0.717) is 11.7 Å². The first kappa shape index (κ1) is 14.1. The second-order valence-electron chi connectivity index (χ2n) is 5.76. The molecule has 1 aromatic rings. The average molecular weight is 264 g/mol. The van der Waals surface area contributed by atoms with E-state index < -0.39 is 0 Å². The van der Waals surface area contributed by atoms with E-state index in [0.717, 1.165) is 44.8 Å². The Morgan fingerprint density at radius 3 is 2.79 bits per heavy atom. The number of carbonyl (C=O) groups excluding carboxylic acids is 1. The third kappa shape index (κ3) is 3.80. The van der Waals surface area contributed by atoms with E-state index in [1.807, 2.05) is 11.8 Å². The lowest BCUT2D eigenvalue weighted by atomic mass is 10.2. The van der Waals surface area contributed by atoms with Crippen LogP contribution in [0.5, 0.6) is 0 Å². The second kappa shape index (κ2) is 6.19. The van der Waals surface area contributed by atoms with Crippen molar-refractivity contribution in [2.45, 2.75) is 27.2 Å². The fourth-order valence-electron chi connectivity index (χ4n) is 2.54. The molecule has 0 aromatic carbocycles. The zero-order chi connectivity index (χ0) is 13.8. The highest BCUT2D eigenvalue weighted by molar-refractivity contribution is 5.90. The van der Waals surface area contributed by atoms with Crippen molar-refractivity contribution in [3.05, 3.63) is 17.7 Å². The maximum absolute atomic E-state index is 12.3. The fraction of sp³-hybridized carbons (Fsp3) is 0.714. The second-order valence-corrected chi connectivity index (χ2v) is 5.76. The van der Waals surface area contributed by atoms with E-state index in [1.165, 1.54) is 0 Å². The number of rotatable bonds is 3. The first-order chi connectivity index (χ1) is 9.06. The maximum Gasteiger partial charge on any atom is 0.289 e. The van der Waals surface area contributed by atoms with Crippen molar-refractivity contribution in [2.24, 2.45) is 5.92 Å². The molecular formula is C14H24N4O. The number of hydrogen-bond acceptors (Lipinski definition) is 3. The third-order valence-electron chi connectivity index (χ3n) is 3.40. The molecule has 2 heterocycles. The van der Waals surface area contributed by atoms with Crippen LogP contribution in [0, 0.1) is 12.8 Å². The molecule has 1 aromatic heterocycles. The topological polar surface area (TPSA) is 52.2 Å². The summed E-state index contributed by atoms with van der Waals surface area (Å²) in [6.45, 7) is 11.2. The molecule has 0 bridgehead atoms. The molecule has 1 aliphatic heterocycles. The summed E-state index contributed by atoms with van der Waals surface area (Å²) in [5, 5.41) is 0. The lowest BCUT2D eigenvalue weighted by Crippen LogP contribution is -2.36. The van der Waals surface area contributed by atoms with Gasteiger partial charge in [0.1, 0.15) is 0 Å². The zero-order valence-corrected chi connectivity index (χ0v) is 12.1. The fourth-order valence-corrected chi connectivity index (χ4v) is 2.54. The van der Waals surface area contributed by atoms with Crippen LogP contribution in [0.15, 0.2) is 6.20 Å². The number of imidazole rings is 1.